The molecule has 2 N–H and O–H groups in total. The Morgan fingerprint density at radius 2 is 1.60 bits per heavy atom. The van der Waals surface area contributed by atoms with Gasteiger partial charge in [0.25, 0.3) is 0 Å². The van der Waals surface area contributed by atoms with Crippen molar-refractivity contribution >= 4 is 31.5 Å². The smallest absolute Gasteiger partial charge is 0.446 e. The highest BCUT2D eigenvalue weighted by atomic mass is 31.2. The molecule has 1 saturated heterocycles. The van der Waals surface area contributed by atoms with Crippen molar-refractivity contribution in [2.24, 2.45) is 0 Å². The molecule has 0 bridgehead atoms. The van der Waals surface area contributed by atoms with Crippen LogP contribution in [0.4, 0.5) is 54.1 Å². The Balaban J connectivity index is 2.38. The minimum Gasteiger partial charge on any atom is -0.446 e. The summed E-state index contributed by atoms with van der Waals surface area (Å²) in [6.45, 7) is -1.94. The summed E-state index contributed by atoms with van der Waals surface area (Å²) in [5.74, 6) is -15.4. The first kappa shape index (κ1) is 32.8. The molecule has 0 radical (unpaired) electrons. The van der Waals surface area contributed by atoms with Crippen molar-refractivity contribution in [3.05, 3.63) is 22.7 Å². The van der Waals surface area contributed by atoms with Gasteiger partial charge < -0.3 is 19.3 Å². The van der Waals surface area contributed by atoms with Gasteiger partial charge in [0.15, 0.2) is 6.10 Å². The Hall–Kier alpha value is -3.37. The lowest BCUT2D eigenvalue weighted by molar-refractivity contribution is -0.220. The van der Waals surface area contributed by atoms with Gasteiger partial charge in [0.1, 0.15) is 11.9 Å². The van der Waals surface area contributed by atoms with Gasteiger partial charge in [-0.2, -0.15) is 53.3 Å². The lowest BCUT2D eigenvalue weighted by atomic mass is 10.1. The molecule has 1 fully saturated rings. The van der Waals surface area contributed by atoms with Gasteiger partial charge in [-0.05, 0) is 6.07 Å². The van der Waals surface area contributed by atoms with Crippen LogP contribution in [0.2, 0.25) is 0 Å². The SMILES string of the molecule is O=C(Nc1ccn([C@@H]2O[C@H](COP(=O)(O)OC(=O)C(F)(F)F)[C@@H](OC(=O)C(F)(F)F)C2(F)F)c(=O)n1)C(F)(F)F. The van der Waals surface area contributed by atoms with Crippen LogP contribution in [-0.4, -0.2) is 75.6 Å². The van der Waals surface area contributed by atoms with Crippen molar-refractivity contribution in [3.8, 4) is 0 Å². The number of halogens is 11. The largest absolute Gasteiger partial charge is 0.529 e. The van der Waals surface area contributed by atoms with Crippen LogP contribution in [0.1, 0.15) is 6.23 Å². The van der Waals surface area contributed by atoms with Gasteiger partial charge >= 0.3 is 55.8 Å². The van der Waals surface area contributed by atoms with E-state index in [1.807, 2.05) is 0 Å². The Kier molecular flexibility index (Phi) is 8.94. The number of phosphoric ester groups is 1. The van der Waals surface area contributed by atoms with Crippen molar-refractivity contribution in [1.29, 1.82) is 0 Å². The molecular weight excluding hydrogens is 622 g/mol. The van der Waals surface area contributed by atoms with E-state index >= 15 is 0 Å². The molecule has 1 aliphatic rings. The highest BCUT2D eigenvalue weighted by Gasteiger charge is 2.64. The maximum absolute atomic E-state index is 15.0. The van der Waals surface area contributed by atoms with E-state index in [0.29, 0.717) is 6.07 Å². The average Bonchev–Trinajstić information content (AvgIpc) is 3.00. The van der Waals surface area contributed by atoms with Gasteiger partial charge in [-0.25, -0.2) is 18.9 Å². The molecule has 25 heteroatoms. The molecule has 1 aliphatic heterocycles. The molecule has 4 atom stereocenters. The number of esters is 1. The normalized spacial score (nSPS) is 22.8. The predicted molar refractivity (Wildman–Crippen MR) is 95.9 cm³/mol. The number of carbonyl (C=O) groups excluding carboxylic acids is 3. The van der Waals surface area contributed by atoms with Gasteiger partial charge in [0.05, 0.1) is 6.61 Å². The molecule has 1 aromatic heterocycles. The molecule has 13 nitrogen and oxygen atoms in total. The van der Waals surface area contributed by atoms with E-state index in [2.05, 4.69) is 23.5 Å². The van der Waals surface area contributed by atoms with E-state index in [-0.39, 0.29) is 10.8 Å². The fraction of sp³-hybridized carbons (Fsp3) is 0.533. The van der Waals surface area contributed by atoms with Crippen LogP contribution in [0.25, 0.3) is 0 Å². The van der Waals surface area contributed by atoms with Crippen LogP contribution in [0.5, 0.6) is 0 Å². The number of amides is 1. The fourth-order valence-corrected chi connectivity index (χ4v) is 3.33. The van der Waals surface area contributed by atoms with Gasteiger partial charge in [0, 0.05) is 6.20 Å². The van der Waals surface area contributed by atoms with Crippen molar-refractivity contribution in [1.82, 2.24) is 9.55 Å². The summed E-state index contributed by atoms with van der Waals surface area (Å²) in [5.41, 5.74) is -1.95. The highest BCUT2D eigenvalue weighted by molar-refractivity contribution is 7.48. The number of hydrogen-bond donors (Lipinski definition) is 2. The Labute approximate surface area is 210 Å². The number of nitrogens with zero attached hydrogens (tertiary/aromatic N) is 2. The number of hydrogen-bond acceptors (Lipinski definition) is 10. The number of alkyl halides is 11. The maximum Gasteiger partial charge on any atom is 0.529 e. The second kappa shape index (κ2) is 10.9. The van der Waals surface area contributed by atoms with Crippen molar-refractivity contribution in [2.45, 2.75) is 42.9 Å². The maximum atomic E-state index is 15.0. The molecule has 1 unspecified atom stereocenters. The fourth-order valence-electron chi connectivity index (χ4n) is 2.63. The van der Waals surface area contributed by atoms with Crippen LogP contribution < -0.4 is 11.0 Å². The van der Waals surface area contributed by atoms with Gasteiger partial charge in [-0.1, -0.05) is 0 Å². The van der Waals surface area contributed by atoms with E-state index in [1.54, 1.807) is 0 Å². The first-order valence-electron chi connectivity index (χ1n) is 9.43. The van der Waals surface area contributed by atoms with Crippen molar-refractivity contribution < 1.29 is 90.7 Å². The number of nitrogens with one attached hydrogen (secondary N) is 1. The number of ether oxygens (including phenoxy) is 2. The van der Waals surface area contributed by atoms with Gasteiger partial charge in [-0.3, -0.25) is 18.8 Å². The second-order valence-corrected chi connectivity index (χ2v) is 8.50. The first-order valence-corrected chi connectivity index (χ1v) is 10.9. The molecule has 0 aliphatic carbocycles. The Morgan fingerprint density at radius 3 is 2.08 bits per heavy atom. The molecule has 0 saturated carbocycles. The standard InChI is InChI=1S/C15H9F11N3O10P/c16-12(17)6(38-9(31)14(21,22)23)4(3-36-40(34,35)39-10(32)15(24,25)26)37-8(12)29-2-1-5(28-11(29)33)27-7(30)13(18,19)20/h1-2,4,6,8H,3H2,(H,34,35)(H,27,28,30,33)/t4-,6-,8-/m1/s1. The van der Waals surface area contributed by atoms with E-state index in [9.17, 15) is 76.9 Å². The summed E-state index contributed by atoms with van der Waals surface area (Å²) in [6, 6.07) is 0.309. The third-order valence-corrected chi connectivity index (χ3v) is 5.10. The zero-order valence-corrected chi connectivity index (χ0v) is 19.1. The number of carbonyl (C=O) groups is 3. The zero-order valence-electron chi connectivity index (χ0n) is 18.2. The lowest BCUT2D eigenvalue weighted by Gasteiger charge is -2.24. The second-order valence-electron chi connectivity index (χ2n) is 7.12. The first-order chi connectivity index (χ1) is 17.9. The zero-order chi connectivity index (χ0) is 31.1. The topological polar surface area (TPSA) is 172 Å². The van der Waals surface area contributed by atoms with Crippen LogP contribution in [0.15, 0.2) is 17.1 Å². The summed E-state index contributed by atoms with van der Waals surface area (Å²) in [5, 5.41) is 1.07. The van der Waals surface area contributed by atoms with E-state index < -0.39 is 86.7 Å². The molecule has 1 aromatic rings. The summed E-state index contributed by atoms with van der Waals surface area (Å²) < 4.78 is 168. The van der Waals surface area contributed by atoms with Gasteiger partial charge in [-0.15, -0.1) is 0 Å². The summed E-state index contributed by atoms with van der Waals surface area (Å²) in [7, 11) is -6.14. The average molecular weight is 631 g/mol. The van der Waals surface area contributed by atoms with Crippen LogP contribution in [0, 0.1) is 0 Å². The minimum atomic E-state index is -6.14. The van der Waals surface area contributed by atoms with E-state index in [4.69, 9.17) is 0 Å². The van der Waals surface area contributed by atoms with Crippen LogP contribution in [-0.2, 0) is 37.5 Å². The van der Waals surface area contributed by atoms with Gasteiger partial charge in [0.2, 0.25) is 6.23 Å². The van der Waals surface area contributed by atoms with Crippen LogP contribution >= 0.6 is 7.82 Å². The number of anilines is 1. The van der Waals surface area contributed by atoms with Crippen LogP contribution in [0.3, 0.4) is 0 Å². The third kappa shape index (κ3) is 7.85. The van der Waals surface area contributed by atoms with E-state index in [1.165, 1.54) is 0 Å². The van der Waals surface area contributed by atoms with Crippen molar-refractivity contribution in [3.63, 3.8) is 0 Å². The molecular formula is C15H9F11N3O10P. The third-order valence-electron chi connectivity index (χ3n) is 4.23. The molecule has 2 heterocycles. The quantitative estimate of drug-likeness (QED) is 0.256. The summed E-state index contributed by atoms with van der Waals surface area (Å²) in [6.07, 6.45) is -26.5. The summed E-state index contributed by atoms with van der Waals surface area (Å²) >= 11 is 0. The molecule has 40 heavy (non-hydrogen) atoms. The van der Waals surface area contributed by atoms with E-state index in [0.717, 1.165) is 5.32 Å². The number of phosphoric acid groups is 1. The monoisotopic (exact) mass is 631 g/mol. The molecule has 2 rings (SSSR count). The Bertz CT molecular complexity index is 1260. The molecule has 0 spiro atoms. The Morgan fingerprint density at radius 1 is 1.05 bits per heavy atom. The highest BCUT2D eigenvalue weighted by Crippen LogP contribution is 2.49. The van der Waals surface area contributed by atoms with Crippen molar-refractivity contribution in [2.75, 3.05) is 11.9 Å². The lowest BCUT2D eigenvalue weighted by Crippen LogP contribution is -2.46. The number of rotatable bonds is 7. The molecule has 0 aromatic carbocycles. The molecule has 226 valence electrons. The number of aromatic nitrogens is 2. The summed E-state index contributed by atoms with van der Waals surface area (Å²) in [4.78, 5) is 56.9. The predicted octanol–water partition coefficient (Wildman–Crippen LogP) is 1.97. The minimum absolute atomic E-state index is 0.188. The molecule has 1 amide bonds.